The maximum absolute atomic E-state index is 12.1. The molecule has 2 aliphatic heterocycles. The molecule has 1 saturated heterocycles. The number of carbonyl (C=O) groups is 1. The first-order valence-electron chi connectivity index (χ1n) is 6.68. The monoisotopic (exact) mass is 246 g/mol. The fourth-order valence-electron chi connectivity index (χ4n) is 2.79. The normalized spacial score (nSPS) is 26.9. The lowest BCUT2D eigenvalue weighted by molar-refractivity contribution is -0.131. The fraction of sp³-hybridized carbons (Fsp3) is 0.533. The van der Waals surface area contributed by atoms with Crippen LogP contribution in [0.25, 0.3) is 0 Å². The molecule has 2 unspecified atom stereocenters. The zero-order chi connectivity index (χ0) is 12.4. The van der Waals surface area contributed by atoms with Crippen molar-refractivity contribution in [2.24, 2.45) is 0 Å². The highest BCUT2D eigenvalue weighted by Gasteiger charge is 2.29. The summed E-state index contributed by atoms with van der Waals surface area (Å²) in [6.45, 7) is 1.43. The molecule has 0 spiro atoms. The van der Waals surface area contributed by atoms with Crippen LogP contribution in [0.4, 0.5) is 0 Å². The summed E-state index contributed by atoms with van der Waals surface area (Å²) in [6, 6.07) is 8.25. The van der Waals surface area contributed by atoms with Crippen LogP contribution >= 0.6 is 0 Å². The zero-order valence-corrected chi connectivity index (χ0v) is 10.4. The van der Waals surface area contributed by atoms with Crippen molar-refractivity contribution in [3.63, 3.8) is 0 Å². The molecule has 0 amide bonds. The van der Waals surface area contributed by atoms with Gasteiger partial charge in [-0.2, -0.15) is 0 Å². The minimum atomic E-state index is -0.192. The largest absolute Gasteiger partial charge is 0.373 e. The van der Waals surface area contributed by atoms with E-state index in [1.807, 2.05) is 12.1 Å². The summed E-state index contributed by atoms with van der Waals surface area (Å²) >= 11 is 0. The van der Waals surface area contributed by atoms with Gasteiger partial charge in [0.05, 0.1) is 12.7 Å². The van der Waals surface area contributed by atoms with Crippen molar-refractivity contribution < 1.29 is 14.3 Å². The summed E-state index contributed by atoms with van der Waals surface area (Å²) in [6.07, 6.45) is 2.99. The van der Waals surface area contributed by atoms with Gasteiger partial charge in [0.2, 0.25) is 0 Å². The second-order valence-electron chi connectivity index (χ2n) is 4.98. The maximum atomic E-state index is 12.1. The van der Waals surface area contributed by atoms with Crippen LogP contribution in [0.5, 0.6) is 0 Å². The molecule has 0 aromatic heterocycles. The molecule has 1 aromatic carbocycles. The van der Waals surface area contributed by atoms with E-state index in [1.54, 1.807) is 0 Å². The topological polar surface area (TPSA) is 35.5 Å². The van der Waals surface area contributed by atoms with Gasteiger partial charge in [-0.3, -0.25) is 4.79 Å². The SMILES string of the molecule is O=C(CC1OCCc2ccccc21)C1CCCO1. The second kappa shape index (κ2) is 5.21. The first-order chi connectivity index (χ1) is 8.84. The molecular formula is C15H18O3. The summed E-state index contributed by atoms with van der Waals surface area (Å²) in [5, 5.41) is 0. The van der Waals surface area contributed by atoms with Gasteiger partial charge in [-0.1, -0.05) is 24.3 Å². The molecule has 3 heteroatoms. The number of hydrogen-bond donors (Lipinski definition) is 0. The first kappa shape index (κ1) is 11.9. The molecule has 3 nitrogen and oxygen atoms in total. The van der Waals surface area contributed by atoms with Crippen LogP contribution in [0.2, 0.25) is 0 Å². The van der Waals surface area contributed by atoms with E-state index in [1.165, 1.54) is 11.1 Å². The average Bonchev–Trinajstić information content (AvgIpc) is 2.93. The molecule has 1 aromatic rings. The van der Waals surface area contributed by atoms with Crippen LogP contribution in [0.1, 0.15) is 36.5 Å². The third-order valence-corrected chi connectivity index (χ3v) is 3.77. The van der Waals surface area contributed by atoms with Crippen LogP contribution in [0, 0.1) is 0 Å². The molecule has 2 aliphatic rings. The van der Waals surface area contributed by atoms with Crippen molar-refractivity contribution >= 4 is 5.78 Å². The van der Waals surface area contributed by atoms with Crippen LogP contribution in [0.3, 0.4) is 0 Å². The van der Waals surface area contributed by atoms with Crippen molar-refractivity contribution in [3.8, 4) is 0 Å². The van der Waals surface area contributed by atoms with E-state index in [0.717, 1.165) is 25.9 Å². The number of hydrogen-bond acceptors (Lipinski definition) is 3. The van der Waals surface area contributed by atoms with Gasteiger partial charge in [-0.05, 0) is 30.4 Å². The van der Waals surface area contributed by atoms with Gasteiger partial charge in [0.25, 0.3) is 0 Å². The summed E-state index contributed by atoms with van der Waals surface area (Å²) in [4.78, 5) is 12.1. The molecule has 2 atom stereocenters. The van der Waals surface area contributed by atoms with Gasteiger partial charge in [0, 0.05) is 13.0 Å². The van der Waals surface area contributed by atoms with Crippen molar-refractivity contribution in [3.05, 3.63) is 35.4 Å². The van der Waals surface area contributed by atoms with E-state index in [4.69, 9.17) is 9.47 Å². The average molecular weight is 246 g/mol. The minimum absolute atomic E-state index is 0.0772. The Morgan fingerprint density at radius 1 is 1.22 bits per heavy atom. The molecule has 3 rings (SSSR count). The van der Waals surface area contributed by atoms with Gasteiger partial charge >= 0.3 is 0 Å². The van der Waals surface area contributed by atoms with E-state index >= 15 is 0 Å². The highest BCUT2D eigenvalue weighted by atomic mass is 16.5. The van der Waals surface area contributed by atoms with Gasteiger partial charge in [0.15, 0.2) is 5.78 Å². The molecule has 18 heavy (non-hydrogen) atoms. The lowest BCUT2D eigenvalue weighted by Gasteiger charge is -2.26. The Hall–Kier alpha value is -1.19. The number of ether oxygens (including phenoxy) is 2. The molecule has 0 N–H and O–H groups in total. The number of carbonyl (C=O) groups excluding carboxylic acids is 1. The molecule has 2 heterocycles. The predicted molar refractivity (Wildman–Crippen MR) is 67.4 cm³/mol. The Labute approximate surface area is 107 Å². The number of Topliss-reactive ketones (excluding diaryl/α,β-unsaturated/α-hetero) is 1. The standard InChI is InChI=1S/C15H18O3/c16-13(14-6-3-8-17-14)10-15-12-5-2-1-4-11(12)7-9-18-15/h1-2,4-5,14-15H,3,6-10H2. The number of rotatable bonds is 3. The summed E-state index contributed by atoms with van der Waals surface area (Å²) < 4.78 is 11.2. The predicted octanol–water partition coefficient (Wildman–Crippen LogP) is 2.44. The van der Waals surface area contributed by atoms with Crippen molar-refractivity contribution in [2.75, 3.05) is 13.2 Å². The van der Waals surface area contributed by atoms with Crippen LogP contribution in [0.15, 0.2) is 24.3 Å². The third-order valence-electron chi connectivity index (χ3n) is 3.77. The molecule has 0 aliphatic carbocycles. The van der Waals surface area contributed by atoms with E-state index < -0.39 is 0 Å². The Kier molecular flexibility index (Phi) is 3.43. The van der Waals surface area contributed by atoms with Crippen LogP contribution in [-0.2, 0) is 20.7 Å². The highest BCUT2D eigenvalue weighted by molar-refractivity contribution is 5.84. The van der Waals surface area contributed by atoms with E-state index in [9.17, 15) is 4.79 Å². The second-order valence-corrected chi connectivity index (χ2v) is 4.98. The molecular weight excluding hydrogens is 228 g/mol. The van der Waals surface area contributed by atoms with Crippen molar-refractivity contribution in [1.82, 2.24) is 0 Å². The lowest BCUT2D eigenvalue weighted by atomic mass is 9.93. The summed E-state index contributed by atoms with van der Waals surface area (Å²) in [7, 11) is 0. The maximum Gasteiger partial charge on any atom is 0.164 e. The van der Waals surface area contributed by atoms with E-state index in [0.29, 0.717) is 13.0 Å². The summed E-state index contributed by atoms with van der Waals surface area (Å²) in [5.41, 5.74) is 2.49. The van der Waals surface area contributed by atoms with Crippen molar-refractivity contribution in [1.29, 1.82) is 0 Å². The van der Waals surface area contributed by atoms with Gasteiger partial charge < -0.3 is 9.47 Å². The Bertz CT molecular complexity index is 435. The number of benzene rings is 1. The molecule has 0 radical (unpaired) electrons. The van der Waals surface area contributed by atoms with Gasteiger partial charge in [-0.15, -0.1) is 0 Å². The third kappa shape index (κ3) is 2.33. The molecule has 96 valence electrons. The summed E-state index contributed by atoms with van der Waals surface area (Å²) in [5.74, 6) is 0.189. The van der Waals surface area contributed by atoms with Crippen LogP contribution < -0.4 is 0 Å². The van der Waals surface area contributed by atoms with Gasteiger partial charge in [-0.25, -0.2) is 0 Å². The Balaban J connectivity index is 1.72. The number of fused-ring (bicyclic) bond motifs is 1. The van der Waals surface area contributed by atoms with Crippen molar-refractivity contribution in [2.45, 2.75) is 37.9 Å². The molecule has 0 bridgehead atoms. The highest BCUT2D eigenvalue weighted by Crippen LogP contribution is 2.31. The quantitative estimate of drug-likeness (QED) is 0.821. The smallest absolute Gasteiger partial charge is 0.164 e. The first-order valence-corrected chi connectivity index (χ1v) is 6.68. The minimum Gasteiger partial charge on any atom is -0.373 e. The Morgan fingerprint density at radius 3 is 2.94 bits per heavy atom. The Morgan fingerprint density at radius 2 is 2.11 bits per heavy atom. The van der Waals surface area contributed by atoms with Crippen LogP contribution in [-0.4, -0.2) is 25.1 Å². The molecule has 0 saturated carbocycles. The lowest BCUT2D eigenvalue weighted by Crippen LogP contribution is -2.25. The van der Waals surface area contributed by atoms with Gasteiger partial charge in [0.1, 0.15) is 6.10 Å². The van der Waals surface area contributed by atoms with E-state index in [2.05, 4.69) is 12.1 Å². The zero-order valence-electron chi connectivity index (χ0n) is 10.4. The van der Waals surface area contributed by atoms with E-state index in [-0.39, 0.29) is 18.0 Å². The molecule has 1 fully saturated rings. The fourth-order valence-corrected chi connectivity index (χ4v) is 2.79. The number of ketones is 1.